The Kier molecular flexibility index (Phi) is 5.00. The van der Waals surface area contributed by atoms with Crippen molar-refractivity contribution in [1.82, 2.24) is 5.43 Å². The minimum Gasteiger partial charge on any atom is -0.496 e. The fourth-order valence-corrected chi connectivity index (χ4v) is 2.69. The summed E-state index contributed by atoms with van der Waals surface area (Å²) in [5, 5.41) is 0. The number of nitrogens with one attached hydrogen (secondary N) is 1. The minimum atomic E-state index is -0.159. The van der Waals surface area contributed by atoms with E-state index in [1.54, 1.807) is 14.2 Å². The van der Waals surface area contributed by atoms with Crippen LogP contribution in [0, 0.1) is 0 Å². The van der Waals surface area contributed by atoms with Crippen LogP contribution in [0.2, 0.25) is 0 Å². The molecule has 0 aliphatic carbocycles. The van der Waals surface area contributed by atoms with Crippen molar-refractivity contribution >= 4 is 15.9 Å². The van der Waals surface area contributed by atoms with E-state index in [2.05, 4.69) is 21.4 Å². The molecule has 2 aromatic carbocycles. The Labute approximate surface area is 127 Å². The van der Waals surface area contributed by atoms with E-state index in [0.29, 0.717) is 0 Å². The zero-order valence-electron chi connectivity index (χ0n) is 11.4. The van der Waals surface area contributed by atoms with Gasteiger partial charge in [-0.25, -0.2) is 5.43 Å². The van der Waals surface area contributed by atoms with Crippen molar-refractivity contribution in [1.29, 1.82) is 0 Å². The van der Waals surface area contributed by atoms with Crippen LogP contribution in [0.1, 0.15) is 17.2 Å². The fraction of sp³-hybridized carbons (Fsp3) is 0.200. The number of methoxy groups -OCH3 is 2. The van der Waals surface area contributed by atoms with Gasteiger partial charge in [-0.1, -0.05) is 24.3 Å². The van der Waals surface area contributed by atoms with E-state index in [1.165, 1.54) is 0 Å². The van der Waals surface area contributed by atoms with Crippen LogP contribution in [0.5, 0.6) is 11.5 Å². The first-order chi connectivity index (χ1) is 9.71. The molecule has 20 heavy (non-hydrogen) atoms. The van der Waals surface area contributed by atoms with Gasteiger partial charge in [0.25, 0.3) is 0 Å². The Morgan fingerprint density at radius 1 is 1.05 bits per heavy atom. The minimum absolute atomic E-state index is 0.159. The number of ether oxygens (including phenoxy) is 2. The van der Waals surface area contributed by atoms with Crippen molar-refractivity contribution in [3.63, 3.8) is 0 Å². The lowest BCUT2D eigenvalue weighted by Gasteiger charge is -2.20. The van der Waals surface area contributed by atoms with Crippen LogP contribution in [0.15, 0.2) is 46.9 Å². The summed E-state index contributed by atoms with van der Waals surface area (Å²) in [5.74, 6) is 7.30. The Hall–Kier alpha value is -1.56. The summed E-state index contributed by atoms with van der Waals surface area (Å²) in [7, 11) is 3.29. The molecule has 0 radical (unpaired) electrons. The quantitative estimate of drug-likeness (QED) is 0.651. The number of hydrazine groups is 1. The van der Waals surface area contributed by atoms with Crippen molar-refractivity contribution in [2.75, 3.05) is 14.2 Å². The first-order valence-corrected chi connectivity index (χ1v) is 6.93. The van der Waals surface area contributed by atoms with Gasteiger partial charge in [0.15, 0.2) is 0 Å². The van der Waals surface area contributed by atoms with Crippen LogP contribution in [0.3, 0.4) is 0 Å². The smallest absolute Gasteiger partial charge is 0.133 e. The maximum absolute atomic E-state index is 5.73. The predicted octanol–water partition coefficient (Wildman–Crippen LogP) is 3.02. The molecule has 0 aliphatic rings. The van der Waals surface area contributed by atoms with E-state index in [4.69, 9.17) is 15.3 Å². The molecule has 0 heterocycles. The highest BCUT2D eigenvalue weighted by atomic mass is 79.9. The van der Waals surface area contributed by atoms with Crippen LogP contribution < -0.4 is 20.7 Å². The largest absolute Gasteiger partial charge is 0.496 e. The Bertz CT molecular complexity index is 590. The third-order valence-electron chi connectivity index (χ3n) is 3.13. The van der Waals surface area contributed by atoms with Gasteiger partial charge in [-0.05, 0) is 39.7 Å². The maximum atomic E-state index is 5.73. The molecule has 1 atom stereocenters. The molecule has 5 heteroatoms. The summed E-state index contributed by atoms with van der Waals surface area (Å²) in [6.45, 7) is 0. The van der Waals surface area contributed by atoms with Crippen molar-refractivity contribution in [2.24, 2.45) is 5.84 Å². The lowest BCUT2D eigenvalue weighted by atomic mass is 9.98. The molecule has 0 saturated carbocycles. The lowest BCUT2D eigenvalue weighted by molar-refractivity contribution is 0.404. The van der Waals surface area contributed by atoms with E-state index in [1.807, 2.05) is 42.5 Å². The number of nitrogens with two attached hydrogens (primary N) is 1. The molecule has 106 valence electrons. The van der Waals surface area contributed by atoms with Gasteiger partial charge in [-0.2, -0.15) is 0 Å². The molecule has 2 aromatic rings. The standard InChI is InChI=1S/C15H17BrN2O2/c1-19-13-6-4-3-5-11(13)15(18-17)10-7-8-14(20-2)12(16)9-10/h3-9,15,18H,17H2,1-2H3. The molecule has 3 N–H and O–H groups in total. The van der Waals surface area contributed by atoms with Gasteiger partial charge >= 0.3 is 0 Å². The number of benzene rings is 2. The second-order valence-corrected chi connectivity index (χ2v) is 5.09. The van der Waals surface area contributed by atoms with E-state index in [9.17, 15) is 0 Å². The molecule has 0 spiro atoms. The number of halogens is 1. The molecule has 1 unspecified atom stereocenters. The molecule has 4 nitrogen and oxygen atoms in total. The summed E-state index contributed by atoms with van der Waals surface area (Å²) in [6, 6.07) is 13.5. The Morgan fingerprint density at radius 3 is 2.35 bits per heavy atom. The van der Waals surface area contributed by atoms with E-state index in [0.717, 1.165) is 27.1 Å². The van der Waals surface area contributed by atoms with Crippen molar-refractivity contribution in [3.05, 3.63) is 58.1 Å². The molecule has 0 aromatic heterocycles. The monoisotopic (exact) mass is 336 g/mol. The zero-order chi connectivity index (χ0) is 14.5. The highest BCUT2D eigenvalue weighted by molar-refractivity contribution is 9.10. The molecule has 0 fully saturated rings. The molecule has 0 aliphatic heterocycles. The van der Waals surface area contributed by atoms with Crippen LogP contribution >= 0.6 is 15.9 Å². The Balaban J connectivity index is 2.44. The maximum Gasteiger partial charge on any atom is 0.133 e. The highest BCUT2D eigenvalue weighted by Gasteiger charge is 2.17. The lowest BCUT2D eigenvalue weighted by Crippen LogP contribution is -2.29. The van der Waals surface area contributed by atoms with Gasteiger partial charge in [-0.15, -0.1) is 0 Å². The number of para-hydroxylation sites is 1. The van der Waals surface area contributed by atoms with Gasteiger partial charge in [0.2, 0.25) is 0 Å². The van der Waals surface area contributed by atoms with Crippen LogP contribution in [-0.2, 0) is 0 Å². The Morgan fingerprint density at radius 2 is 1.75 bits per heavy atom. The molecule has 0 bridgehead atoms. The highest BCUT2D eigenvalue weighted by Crippen LogP contribution is 2.33. The van der Waals surface area contributed by atoms with Crippen LogP contribution in [0.4, 0.5) is 0 Å². The summed E-state index contributed by atoms with van der Waals surface area (Å²) in [5.41, 5.74) is 4.83. The van der Waals surface area contributed by atoms with Gasteiger partial charge in [0.05, 0.1) is 24.7 Å². The van der Waals surface area contributed by atoms with Gasteiger partial charge in [0, 0.05) is 5.56 Å². The average molecular weight is 337 g/mol. The molecule has 0 saturated heterocycles. The zero-order valence-corrected chi connectivity index (χ0v) is 13.0. The molecule has 0 amide bonds. The first kappa shape index (κ1) is 14.8. The van der Waals surface area contributed by atoms with E-state index < -0.39 is 0 Å². The summed E-state index contributed by atoms with van der Waals surface area (Å²) in [6.07, 6.45) is 0. The van der Waals surface area contributed by atoms with Gasteiger partial charge < -0.3 is 9.47 Å². The fourth-order valence-electron chi connectivity index (χ4n) is 2.13. The second-order valence-electron chi connectivity index (χ2n) is 4.24. The van der Waals surface area contributed by atoms with E-state index in [-0.39, 0.29) is 6.04 Å². The predicted molar refractivity (Wildman–Crippen MR) is 82.9 cm³/mol. The number of hydrogen-bond donors (Lipinski definition) is 2. The van der Waals surface area contributed by atoms with Gasteiger partial charge in [-0.3, -0.25) is 5.84 Å². The third-order valence-corrected chi connectivity index (χ3v) is 3.75. The van der Waals surface area contributed by atoms with Crippen LogP contribution in [-0.4, -0.2) is 14.2 Å². The topological polar surface area (TPSA) is 56.5 Å². The second kappa shape index (κ2) is 6.74. The summed E-state index contributed by atoms with van der Waals surface area (Å²) < 4.78 is 11.5. The summed E-state index contributed by atoms with van der Waals surface area (Å²) in [4.78, 5) is 0. The number of hydrogen-bond acceptors (Lipinski definition) is 4. The van der Waals surface area contributed by atoms with Gasteiger partial charge in [0.1, 0.15) is 11.5 Å². The summed E-state index contributed by atoms with van der Waals surface area (Å²) >= 11 is 3.49. The third kappa shape index (κ3) is 2.95. The molecular weight excluding hydrogens is 320 g/mol. The first-order valence-electron chi connectivity index (χ1n) is 6.13. The van der Waals surface area contributed by atoms with E-state index >= 15 is 0 Å². The van der Waals surface area contributed by atoms with Crippen molar-refractivity contribution in [3.8, 4) is 11.5 Å². The number of rotatable bonds is 5. The molecule has 2 rings (SSSR count). The molecular formula is C15H17BrN2O2. The normalized spacial score (nSPS) is 12.0. The van der Waals surface area contributed by atoms with Crippen molar-refractivity contribution < 1.29 is 9.47 Å². The van der Waals surface area contributed by atoms with Crippen LogP contribution in [0.25, 0.3) is 0 Å². The van der Waals surface area contributed by atoms with Crippen molar-refractivity contribution in [2.45, 2.75) is 6.04 Å². The SMILES string of the molecule is COc1ccc(C(NN)c2ccccc2OC)cc1Br. The average Bonchev–Trinajstić information content (AvgIpc) is 2.49.